The van der Waals surface area contributed by atoms with Crippen molar-refractivity contribution >= 4 is 16.8 Å². The minimum atomic E-state index is -1.91. The summed E-state index contributed by atoms with van der Waals surface area (Å²) in [6.07, 6.45) is 0. The number of esters is 1. The van der Waals surface area contributed by atoms with Crippen LogP contribution >= 0.6 is 0 Å². The van der Waals surface area contributed by atoms with Crippen molar-refractivity contribution in [2.75, 3.05) is 6.61 Å². The molecule has 0 saturated carbocycles. The standard InChI is InChI=1S/C15H15NO5S/c1-3-21-15(19)11-9(2)16-14(18)13(12(11)17)22(20)10-7-5-4-6-8-10/h4-8H,3H2,1-2H3,(H2,16,17,18). The highest BCUT2D eigenvalue weighted by atomic mass is 32.2. The zero-order valence-corrected chi connectivity index (χ0v) is 12.9. The van der Waals surface area contributed by atoms with E-state index in [1.807, 2.05) is 0 Å². The van der Waals surface area contributed by atoms with E-state index < -0.39 is 28.1 Å². The van der Waals surface area contributed by atoms with Crippen LogP contribution < -0.4 is 5.56 Å². The molecule has 0 aliphatic rings. The smallest absolute Gasteiger partial charge is 0.343 e. The van der Waals surface area contributed by atoms with Crippen molar-refractivity contribution in [3.63, 3.8) is 0 Å². The van der Waals surface area contributed by atoms with E-state index in [9.17, 15) is 18.9 Å². The van der Waals surface area contributed by atoms with Crippen LogP contribution in [0.15, 0.2) is 44.9 Å². The van der Waals surface area contributed by atoms with Gasteiger partial charge in [0, 0.05) is 10.6 Å². The molecular formula is C15H15NO5S. The Bertz CT molecular complexity index is 783. The maximum absolute atomic E-state index is 12.5. The number of aromatic nitrogens is 1. The number of rotatable bonds is 4. The molecule has 1 heterocycles. The number of H-pyrrole nitrogens is 1. The molecule has 0 amide bonds. The van der Waals surface area contributed by atoms with E-state index in [4.69, 9.17) is 4.74 Å². The van der Waals surface area contributed by atoms with Crippen LogP contribution in [-0.4, -0.2) is 26.9 Å². The molecule has 0 saturated heterocycles. The molecule has 0 spiro atoms. The Morgan fingerprint density at radius 3 is 2.55 bits per heavy atom. The Labute approximate surface area is 129 Å². The molecule has 1 aromatic carbocycles. The van der Waals surface area contributed by atoms with Crippen molar-refractivity contribution in [1.82, 2.24) is 4.98 Å². The summed E-state index contributed by atoms with van der Waals surface area (Å²) < 4.78 is 17.4. The first kappa shape index (κ1) is 16.0. The Morgan fingerprint density at radius 2 is 1.95 bits per heavy atom. The number of ether oxygens (including phenoxy) is 1. The third kappa shape index (κ3) is 2.94. The van der Waals surface area contributed by atoms with Crippen molar-refractivity contribution < 1.29 is 18.8 Å². The molecule has 2 N–H and O–H groups in total. The van der Waals surface area contributed by atoms with Gasteiger partial charge in [0.05, 0.1) is 17.4 Å². The quantitative estimate of drug-likeness (QED) is 0.836. The monoisotopic (exact) mass is 321 g/mol. The van der Waals surface area contributed by atoms with E-state index >= 15 is 0 Å². The fourth-order valence-corrected chi connectivity index (χ4v) is 3.11. The summed E-state index contributed by atoms with van der Waals surface area (Å²) in [4.78, 5) is 26.4. The largest absolute Gasteiger partial charge is 0.505 e. The van der Waals surface area contributed by atoms with Gasteiger partial charge in [-0.05, 0) is 26.0 Å². The van der Waals surface area contributed by atoms with Gasteiger partial charge in [0.15, 0.2) is 10.6 Å². The van der Waals surface area contributed by atoms with E-state index in [-0.39, 0.29) is 22.8 Å². The highest BCUT2D eigenvalue weighted by molar-refractivity contribution is 7.85. The van der Waals surface area contributed by atoms with E-state index in [1.54, 1.807) is 37.3 Å². The van der Waals surface area contributed by atoms with Gasteiger partial charge in [0.2, 0.25) is 0 Å². The summed E-state index contributed by atoms with van der Waals surface area (Å²) in [6, 6.07) is 8.21. The van der Waals surface area contributed by atoms with Crippen LogP contribution in [0.2, 0.25) is 0 Å². The predicted octanol–water partition coefficient (Wildman–Crippen LogP) is 1.73. The minimum Gasteiger partial charge on any atom is -0.505 e. The summed E-state index contributed by atoms with van der Waals surface area (Å²) in [5.41, 5.74) is -0.722. The molecule has 116 valence electrons. The molecule has 0 bridgehead atoms. The summed E-state index contributed by atoms with van der Waals surface area (Å²) in [5.74, 6) is -1.39. The SMILES string of the molecule is CCOC(=O)c1c(C)[nH]c(=O)c(S(=O)c2ccccc2)c1O. The molecule has 22 heavy (non-hydrogen) atoms. The number of nitrogens with one attached hydrogen (secondary N) is 1. The van der Waals surface area contributed by atoms with Crippen molar-refractivity contribution in [3.05, 3.63) is 51.9 Å². The lowest BCUT2D eigenvalue weighted by atomic mass is 10.2. The summed E-state index contributed by atoms with van der Waals surface area (Å²) in [5, 5.41) is 10.3. The van der Waals surface area contributed by atoms with Gasteiger partial charge >= 0.3 is 5.97 Å². The van der Waals surface area contributed by atoms with Gasteiger partial charge in [-0.25, -0.2) is 9.00 Å². The molecule has 0 aliphatic carbocycles. The number of pyridine rings is 1. The Hall–Kier alpha value is -2.41. The maximum Gasteiger partial charge on any atom is 0.343 e. The van der Waals surface area contributed by atoms with Crippen molar-refractivity contribution in [2.45, 2.75) is 23.6 Å². The number of carbonyl (C=O) groups excluding carboxylic acids is 1. The van der Waals surface area contributed by atoms with Gasteiger partial charge in [-0.15, -0.1) is 0 Å². The highest BCUT2D eigenvalue weighted by Crippen LogP contribution is 2.27. The number of benzene rings is 1. The first-order valence-electron chi connectivity index (χ1n) is 6.57. The first-order chi connectivity index (χ1) is 10.5. The molecule has 0 fully saturated rings. The summed E-state index contributed by atoms with van der Waals surface area (Å²) in [7, 11) is -1.91. The Kier molecular flexibility index (Phi) is 4.77. The molecule has 2 rings (SSSR count). The van der Waals surface area contributed by atoms with Gasteiger partial charge in [-0.1, -0.05) is 18.2 Å². The lowest BCUT2D eigenvalue weighted by Gasteiger charge is -2.11. The summed E-state index contributed by atoms with van der Waals surface area (Å²) in [6.45, 7) is 3.20. The van der Waals surface area contributed by atoms with Gasteiger partial charge < -0.3 is 14.8 Å². The van der Waals surface area contributed by atoms with E-state index in [1.165, 1.54) is 6.92 Å². The molecule has 1 aromatic heterocycles. The zero-order valence-electron chi connectivity index (χ0n) is 12.1. The average molecular weight is 321 g/mol. The third-order valence-corrected chi connectivity index (χ3v) is 4.41. The normalized spacial score (nSPS) is 11.9. The van der Waals surface area contributed by atoms with Crippen LogP contribution in [0.4, 0.5) is 0 Å². The number of hydrogen-bond donors (Lipinski definition) is 2. The molecule has 1 atom stereocenters. The van der Waals surface area contributed by atoms with Crippen LogP contribution in [0, 0.1) is 6.92 Å². The van der Waals surface area contributed by atoms with Crippen molar-refractivity contribution in [3.8, 4) is 5.75 Å². The fraction of sp³-hybridized carbons (Fsp3) is 0.200. The lowest BCUT2D eigenvalue weighted by molar-refractivity contribution is 0.0521. The number of carbonyl (C=O) groups is 1. The van der Waals surface area contributed by atoms with Crippen LogP contribution in [0.5, 0.6) is 5.75 Å². The van der Waals surface area contributed by atoms with E-state index in [0.29, 0.717) is 4.90 Å². The molecular weight excluding hydrogens is 306 g/mol. The van der Waals surface area contributed by atoms with Crippen molar-refractivity contribution in [1.29, 1.82) is 0 Å². The molecule has 2 aromatic rings. The molecule has 1 unspecified atom stereocenters. The van der Waals surface area contributed by atoms with Gasteiger partial charge in [-0.2, -0.15) is 0 Å². The molecule has 6 nitrogen and oxygen atoms in total. The van der Waals surface area contributed by atoms with Gasteiger partial charge in [-0.3, -0.25) is 4.79 Å². The van der Waals surface area contributed by atoms with E-state index in [0.717, 1.165) is 0 Å². The minimum absolute atomic E-state index is 0.119. The zero-order chi connectivity index (χ0) is 16.3. The van der Waals surface area contributed by atoms with Gasteiger partial charge in [0.25, 0.3) is 5.56 Å². The fourth-order valence-electron chi connectivity index (χ4n) is 1.98. The van der Waals surface area contributed by atoms with Crippen molar-refractivity contribution in [2.24, 2.45) is 0 Å². The van der Waals surface area contributed by atoms with Crippen LogP contribution in [0.1, 0.15) is 23.0 Å². The third-order valence-electron chi connectivity index (χ3n) is 2.96. The van der Waals surface area contributed by atoms with E-state index in [2.05, 4.69) is 4.98 Å². The molecule has 0 radical (unpaired) electrons. The number of aromatic hydroxyl groups is 1. The van der Waals surface area contributed by atoms with Gasteiger partial charge in [0.1, 0.15) is 5.56 Å². The number of aromatic amines is 1. The summed E-state index contributed by atoms with van der Waals surface area (Å²) >= 11 is 0. The second-order valence-corrected chi connectivity index (χ2v) is 5.85. The maximum atomic E-state index is 12.5. The Balaban J connectivity index is 2.62. The van der Waals surface area contributed by atoms with Crippen LogP contribution in [0.25, 0.3) is 0 Å². The second-order valence-electron chi connectivity index (χ2n) is 4.43. The highest BCUT2D eigenvalue weighted by Gasteiger charge is 2.25. The second kappa shape index (κ2) is 6.57. The average Bonchev–Trinajstić information content (AvgIpc) is 2.47. The number of aryl methyl sites for hydroxylation is 1. The predicted molar refractivity (Wildman–Crippen MR) is 80.5 cm³/mol. The lowest BCUT2D eigenvalue weighted by Crippen LogP contribution is -2.20. The van der Waals surface area contributed by atoms with Crippen LogP contribution in [-0.2, 0) is 15.5 Å². The topological polar surface area (TPSA) is 96.5 Å². The Morgan fingerprint density at radius 1 is 1.32 bits per heavy atom. The molecule has 7 heteroatoms. The first-order valence-corrected chi connectivity index (χ1v) is 7.72. The van der Waals surface area contributed by atoms with Crippen LogP contribution in [0.3, 0.4) is 0 Å². The number of hydrogen-bond acceptors (Lipinski definition) is 5. The molecule has 0 aliphatic heterocycles.